The second-order valence-corrected chi connectivity index (χ2v) is 5.35. The van der Waals surface area contributed by atoms with Crippen LogP contribution in [-0.2, 0) is 10.2 Å². The minimum Gasteiger partial charge on any atom is -0.399 e. The van der Waals surface area contributed by atoms with E-state index in [0.717, 1.165) is 9.87 Å². The summed E-state index contributed by atoms with van der Waals surface area (Å²) in [5.74, 6) is 0. The minimum atomic E-state index is -3.44. The standard InChI is InChI=1S/C9H15N3O2S/c1-7-6-8(10)4-5-9(7)11-15(13,14)12(2)3/h4-6,11H,10H2,1-3H3. The van der Waals surface area contributed by atoms with Crippen molar-refractivity contribution < 1.29 is 8.42 Å². The average Bonchev–Trinajstić information content (AvgIpc) is 2.09. The molecule has 0 aliphatic carbocycles. The molecule has 0 spiro atoms. The molecule has 6 heteroatoms. The van der Waals surface area contributed by atoms with E-state index in [1.54, 1.807) is 25.1 Å². The third kappa shape index (κ3) is 2.84. The Morgan fingerprint density at radius 3 is 2.40 bits per heavy atom. The van der Waals surface area contributed by atoms with E-state index >= 15 is 0 Å². The van der Waals surface area contributed by atoms with Crippen molar-refractivity contribution >= 4 is 21.6 Å². The Hall–Kier alpha value is -1.27. The number of hydrogen-bond acceptors (Lipinski definition) is 3. The molecule has 0 unspecified atom stereocenters. The maximum Gasteiger partial charge on any atom is 0.301 e. The van der Waals surface area contributed by atoms with Crippen molar-refractivity contribution in [3.63, 3.8) is 0 Å². The van der Waals surface area contributed by atoms with Crippen molar-refractivity contribution in [1.82, 2.24) is 4.31 Å². The molecule has 15 heavy (non-hydrogen) atoms. The van der Waals surface area contributed by atoms with Gasteiger partial charge in [0.05, 0.1) is 5.69 Å². The molecule has 0 bridgehead atoms. The van der Waals surface area contributed by atoms with Crippen LogP contribution in [0.5, 0.6) is 0 Å². The number of benzene rings is 1. The van der Waals surface area contributed by atoms with E-state index in [2.05, 4.69) is 4.72 Å². The summed E-state index contributed by atoms with van der Waals surface area (Å²) >= 11 is 0. The predicted octanol–water partition coefficient (Wildman–Crippen LogP) is 0.796. The van der Waals surface area contributed by atoms with Gasteiger partial charge in [-0.15, -0.1) is 0 Å². The number of nitrogen functional groups attached to an aromatic ring is 1. The van der Waals surface area contributed by atoms with Crippen LogP contribution in [-0.4, -0.2) is 26.8 Å². The Morgan fingerprint density at radius 2 is 1.93 bits per heavy atom. The number of nitrogens with zero attached hydrogens (tertiary/aromatic N) is 1. The lowest BCUT2D eigenvalue weighted by atomic mass is 10.2. The van der Waals surface area contributed by atoms with Crippen LogP contribution in [0.15, 0.2) is 18.2 Å². The van der Waals surface area contributed by atoms with Gasteiger partial charge in [-0.1, -0.05) is 0 Å². The molecule has 0 amide bonds. The topological polar surface area (TPSA) is 75.4 Å². The van der Waals surface area contributed by atoms with Crippen LogP contribution in [0.2, 0.25) is 0 Å². The summed E-state index contributed by atoms with van der Waals surface area (Å²) in [6.45, 7) is 1.80. The molecule has 5 nitrogen and oxygen atoms in total. The maximum atomic E-state index is 11.5. The minimum absolute atomic E-state index is 0.540. The fourth-order valence-corrected chi connectivity index (χ4v) is 1.72. The molecule has 0 aromatic heterocycles. The van der Waals surface area contributed by atoms with Crippen LogP contribution >= 0.6 is 0 Å². The quantitative estimate of drug-likeness (QED) is 0.753. The summed E-state index contributed by atoms with van der Waals surface area (Å²) in [6, 6.07) is 5.01. The van der Waals surface area contributed by atoms with Crippen LogP contribution in [0.1, 0.15) is 5.56 Å². The molecule has 0 aliphatic heterocycles. The van der Waals surface area contributed by atoms with E-state index in [1.165, 1.54) is 14.1 Å². The Balaban J connectivity index is 3.01. The van der Waals surface area contributed by atoms with Crippen molar-refractivity contribution in [1.29, 1.82) is 0 Å². The number of rotatable bonds is 3. The van der Waals surface area contributed by atoms with Crippen LogP contribution in [0, 0.1) is 6.92 Å². The summed E-state index contributed by atoms with van der Waals surface area (Å²) in [4.78, 5) is 0. The molecule has 1 rings (SSSR count). The predicted molar refractivity (Wildman–Crippen MR) is 61.8 cm³/mol. The van der Waals surface area contributed by atoms with Crippen LogP contribution in [0.4, 0.5) is 11.4 Å². The normalized spacial score (nSPS) is 11.7. The lowest BCUT2D eigenvalue weighted by Crippen LogP contribution is -2.29. The van der Waals surface area contributed by atoms with E-state index in [4.69, 9.17) is 5.73 Å². The highest BCUT2D eigenvalue weighted by molar-refractivity contribution is 7.90. The van der Waals surface area contributed by atoms with Crippen molar-refractivity contribution in [3.8, 4) is 0 Å². The first-order valence-electron chi connectivity index (χ1n) is 4.39. The van der Waals surface area contributed by atoms with Gasteiger partial charge in [-0.2, -0.15) is 12.7 Å². The molecule has 0 saturated carbocycles. The second-order valence-electron chi connectivity index (χ2n) is 3.46. The van der Waals surface area contributed by atoms with Gasteiger partial charge in [0.2, 0.25) is 0 Å². The van der Waals surface area contributed by atoms with Gasteiger partial charge < -0.3 is 5.73 Å². The molecule has 0 saturated heterocycles. The van der Waals surface area contributed by atoms with E-state index in [9.17, 15) is 8.42 Å². The van der Waals surface area contributed by atoms with Gasteiger partial charge >= 0.3 is 10.2 Å². The first-order valence-corrected chi connectivity index (χ1v) is 5.83. The highest BCUT2D eigenvalue weighted by Gasteiger charge is 2.13. The maximum absolute atomic E-state index is 11.5. The highest BCUT2D eigenvalue weighted by atomic mass is 32.2. The van der Waals surface area contributed by atoms with Gasteiger partial charge in [0.1, 0.15) is 0 Å². The number of nitrogens with one attached hydrogen (secondary N) is 1. The van der Waals surface area contributed by atoms with Gasteiger partial charge in [-0.3, -0.25) is 4.72 Å². The molecule has 0 heterocycles. The lowest BCUT2D eigenvalue weighted by Gasteiger charge is -2.15. The molecule has 0 atom stereocenters. The van der Waals surface area contributed by atoms with Gasteiger partial charge in [-0.25, -0.2) is 0 Å². The number of nitrogens with two attached hydrogens (primary N) is 1. The summed E-state index contributed by atoms with van der Waals surface area (Å²) in [6.07, 6.45) is 0. The van der Waals surface area contributed by atoms with Crippen LogP contribution < -0.4 is 10.5 Å². The van der Waals surface area contributed by atoms with Gasteiger partial charge in [0, 0.05) is 19.8 Å². The van der Waals surface area contributed by atoms with E-state index in [-0.39, 0.29) is 0 Å². The van der Waals surface area contributed by atoms with Crippen molar-refractivity contribution in [2.45, 2.75) is 6.92 Å². The Bertz CT molecular complexity index is 454. The van der Waals surface area contributed by atoms with E-state index < -0.39 is 10.2 Å². The molecule has 84 valence electrons. The molecule has 0 radical (unpaired) electrons. The highest BCUT2D eigenvalue weighted by Crippen LogP contribution is 2.19. The SMILES string of the molecule is Cc1cc(N)ccc1NS(=O)(=O)N(C)C. The summed E-state index contributed by atoms with van der Waals surface area (Å²) in [7, 11) is -0.510. The zero-order valence-corrected chi connectivity index (χ0v) is 9.80. The largest absolute Gasteiger partial charge is 0.399 e. The van der Waals surface area contributed by atoms with E-state index in [1.807, 2.05) is 0 Å². The van der Waals surface area contributed by atoms with Crippen molar-refractivity contribution in [3.05, 3.63) is 23.8 Å². The third-order valence-electron chi connectivity index (χ3n) is 1.97. The zero-order valence-electron chi connectivity index (χ0n) is 8.98. The van der Waals surface area contributed by atoms with Crippen LogP contribution in [0.25, 0.3) is 0 Å². The molecular formula is C9H15N3O2S. The first-order chi connectivity index (χ1) is 6.83. The van der Waals surface area contributed by atoms with Crippen molar-refractivity contribution in [2.75, 3.05) is 24.6 Å². The molecule has 3 N–H and O–H groups in total. The molecule has 1 aromatic carbocycles. The van der Waals surface area contributed by atoms with E-state index in [0.29, 0.717) is 11.4 Å². The number of anilines is 2. The smallest absolute Gasteiger partial charge is 0.301 e. The Labute approximate surface area is 90.1 Å². The Morgan fingerprint density at radius 1 is 1.33 bits per heavy atom. The average molecular weight is 229 g/mol. The Kier molecular flexibility index (Phi) is 3.21. The molecule has 0 fully saturated rings. The third-order valence-corrected chi connectivity index (χ3v) is 3.41. The molecule has 1 aromatic rings. The number of aryl methyl sites for hydroxylation is 1. The van der Waals surface area contributed by atoms with Gasteiger partial charge in [0.25, 0.3) is 0 Å². The molecule has 0 aliphatic rings. The fourth-order valence-electron chi connectivity index (χ4n) is 1.03. The summed E-state index contributed by atoms with van der Waals surface area (Å²) in [5.41, 5.74) is 7.51. The fraction of sp³-hybridized carbons (Fsp3) is 0.333. The van der Waals surface area contributed by atoms with Crippen LogP contribution in [0.3, 0.4) is 0 Å². The monoisotopic (exact) mass is 229 g/mol. The van der Waals surface area contributed by atoms with Gasteiger partial charge in [-0.05, 0) is 30.7 Å². The summed E-state index contributed by atoms with van der Waals surface area (Å²) in [5, 5.41) is 0. The summed E-state index contributed by atoms with van der Waals surface area (Å²) < 4.78 is 26.6. The first kappa shape index (κ1) is 11.8. The second kappa shape index (κ2) is 4.08. The van der Waals surface area contributed by atoms with Gasteiger partial charge in [0.15, 0.2) is 0 Å². The molecular weight excluding hydrogens is 214 g/mol. The number of hydrogen-bond donors (Lipinski definition) is 2. The lowest BCUT2D eigenvalue weighted by molar-refractivity contribution is 0.527. The van der Waals surface area contributed by atoms with Crippen molar-refractivity contribution in [2.24, 2.45) is 0 Å². The zero-order chi connectivity index (χ0) is 11.6.